The fourth-order valence-corrected chi connectivity index (χ4v) is 4.21. The molecule has 0 saturated carbocycles. The van der Waals surface area contributed by atoms with Crippen molar-refractivity contribution >= 4 is 21.9 Å². The molecule has 0 bridgehead atoms. The van der Waals surface area contributed by atoms with Gasteiger partial charge in [0.2, 0.25) is 5.43 Å². The normalized spacial score (nSPS) is 19.6. The molecule has 2 N–H and O–H groups in total. The Morgan fingerprint density at radius 2 is 2.03 bits per heavy atom. The van der Waals surface area contributed by atoms with Crippen LogP contribution in [0, 0.1) is 0 Å². The molecule has 3 heterocycles. The van der Waals surface area contributed by atoms with Crippen molar-refractivity contribution in [3.63, 3.8) is 0 Å². The monoisotopic (exact) mass is 410 g/mol. The Labute approximate surface area is 172 Å². The van der Waals surface area contributed by atoms with Crippen molar-refractivity contribution in [3.05, 3.63) is 51.9 Å². The molecule has 156 valence electrons. The smallest absolute Gasteiger partial charge is 0.250 e. The van der Waals surface area contributed by atoms with Crippen LogP contribution in [0.25, 0.3) is 21.9 Å². The number of phenols is 1. The van der Waals surface area contributed by atoms with Gasteiger partial charge in [0.1, 0.15) is 39.2 Å². The third-order valence-corrected chi connectivity index (χ3v) is 5.71. The molecular formula is C23H22O7. The molecule has 7 heteroatoms. The lowest BCUT2D eigenvalue weighted by Crippen LogP contribution is -2.19. The molecular weight excluding hydrogens is 388 g/mol. The van der Waals surface area contributed by atoms with Crippen molar-refractivity contribution in [3.8, 4) is 17.2 Å². The molecule has 7 nitrogen and oxygen atoms in total. The quantitative estimate of drug-likeness (QED) is 0.633. The largest absolute Gasteiger partial charge is 0.507 e. The molecule has 0 aliphatic carbocycles. The van der Waals surface area contributed by atoms with Gasteiger partial charge in [-0.25, -0.2) is 0 Å². The van der Waals surface area contributed by atoms with Gasteiger partial charge in [0.25, 0.3) is 6.29 Å². The molecule has 5 rings (SSSR count). The number of methoxy groups -OCH3 is 1. The van der Waals surface area contributed by atoms with Crippen molar-refractivity contribution < 1.29 is 28.8 Å². The van der Waals surface area contributed by atoms with Gasteiger partial charge in [0.05, 0.1) is 30.5 Å². The second kappa shape index (κ2) is 6.40. The molecule has 1 unspecified atom stereocenters. The number of benzene rings is 2. The molecule has 0 saturated heterocycles. The highest BCUT2D eigenvalue weighted by Crippen LogP contribution is 2.50. The van der Waals surface area contributed by atoms with Gasteiger partial charge in [-0.05, 0) is 44.4 Å². The zero-order chi connectivity index (χ0) is 21.2. The van der Waals surface area contributed by atoms with Crippen LogP contribution < -0.4 is 14.9 Å². The second-order valence-corrected chi connectivity index (χ2v) is 8.36. The third-order valence-electron chi connectivity index (χ3n) is 5.71. The summed E-state index contributed by atoms with van der Waals surface area (Å²) >= 11 is 0. The Kier molecular flexibility index (Phi) is 4.02. The maximum absolute atomic E-state index is 13.5. The first kappa shape index (κ1) is 18.8. The zero-order valence-electron chi connectivity index (χ0n) is 16.9. The highest BCUT2D eigenvalue weighted by Gasteiger charge is 2.41. The molecule has 2 aromatic carbocycles. The van der Waals surface area contributed by atoms with E-state index in [2.05, 4.69) is 0 Å². The molecule has 3 aromatic rings. The summed E-state index contributed by atoms with van der Waals surface area (Å²) in [5.74, 6) is 0.566. The predicted octanol–water partition coefficient (Wildman–Crippen LogP) is 3.71. The Hall–Kier alpha value is -3.19. The van der Waals surface area contributed by atoms with Crippen molar-refractivity contribution in [2.75, 3.05) is 7.11 Å². The lowest BCUT2D eigenvalue weighted by molar-refractivity contribution is -0.00481. The summed E-state index contributed by atoms with van der Waals surface area (Å²) in [6.45, 7) is 3.44. The van der Waals surface area contributed by atoms with E-state index in [9.17, 15) is 15.0 Å². The van der Waals surface area contributed by atoms with Crippen LogP contribution in [0.2, 0.25) is 0 Å². The number of aromatic hydroxyl groups is 1. The number of aliphatic hydroxyl groups is 1. The predicted molar refractivity (Wildman–Crippen MR) is 110 cm³/mol. The highest BCUT2D eigenvalue weighted by atomic mass is 16.7. The maximum atomic E-state index is 13.5. The Balaban J connectivity index is 1.80. The molecule has 30 heavy (non-hydrogen) atoms. The summed E-state index contributed by atoms with van der Waals surface area (Å²) in [5.41, 5.74) is 0.820. The number of phenolic OH excluding ortho intramolecular Hbond substituents is 1. The molecule has 0 amide bonds. The van der Waals surface area contributed by atoms with E-state index in [0.29, 0.717) is 35.5 Å². The van der Waals surface area contributed by atoms with Gasteiger partial charge in [-0.15, -0.1) is 0 Å². The first-order valence-corrected chi connectivity index (χ1v) is 9.82. The van der Waals surface area contributed by atoms with E-state index in [1.165, 1.54) is 13.2 Å². The summed E-state index contributed by atoms with van der Waals surface area (Å²) in [6.07, 6.45) is 3.89. The van der Waals surface area contributed by atoms with Gasteiger partial charge in [-0.1, -0.05) is 6.07 Å². The SMILES string of the molecule is COc1c2c(cc3oc4c(CCC(C)(C)O)ccc(O)c4c(=O)c13)OC1OC=C[C@@H]21. The Bertz CT molecular complexity index is 1260. The minimum atomic E-state index is -0.870. The van der Waals surface area contributed by atoms with Gasteiger partial charge >= 0.3 is 0 Å². The summed E-state index contributed by atoms with van der Waals surface area (Å²) in [5, 5.41) is 20.9. The summed E-state index contributed by atoms with van der Waals surface area (Å²) in [6, 6.07) is 4.87. The van der Waals surface area contributed by atoms with E-state index < -0.39 is 11.9 Å². The lowest BCUT2D eigenvalue weighted by atomic mass is 9.95. The standard InChI is InChI=1S/C23H22O7/c1-23(2,26)8-6-11-4-5-13(24)17-19(25)18-15(29-20(11)17)10-14-16(21(18)27-3)12-7-9-28-22(12)30-14/h4-5,7,9-10,12,22,24,26H,6,8H2,1-3H3/t12-,22?/m0/s1. The fourth-order valence-electron chi connectivity index (χ4n) is 4.21. The van der Waals surface area contributed by atoms with E-state index in [4.69, 9.17) is 18.6 Å². The van der Waals surface area contributed by atoms with Gasteiger partial charge in [0, 0.05) is 6.07 Å². The highest BCUT2D eigenvalue weighted by molar-refractivity contribution is 5.98. The first-order valence-electron chi connectivity index (χ1n) is 9.82. The minimum absolute atomic E-state index is 0.0997. The summed E-state index contributed by atoms with van der Waals surface area (Å²) < 4.78 is 23.1. The van der Waals surface area contributed by atoms with Gasteiger partial charge in [-0.3, -0.25) is 4.79 Å². The number of fused-ring (bicyclic) bond motifs is 5. The molecule has 1 aromatic heterocycles. The molecule has 0 spiro atoms. The molecule has 2 atom stereocenters. The lowest BCUT2D eigenvalue weighted by Gasteiger charge is -2.17. The second-order valence-electron chi connectivity index (χ2n) is 8.36. The Morgan fingerprint density at radius 1 is 1.23 bits per heavy atom. The van der Waals surface area contributed by atoms with E-state index in [0.717, 1.165) is 11.1 Å². The number of rotatable bonds is 4. The van der Waals surface area contributed by atoms with Gasteiger partial charge in [0.15, 0.2) is 0 Å². The van der Waals surface area contributed by atoms with Crippen LogP contribution in [-0.4, -0.2) is 29.2 Å². The van der Waals surface area contributed by atoms with Crippen LogP contribution in [0.5, 0.6) is 17.2 Å². The van der Waals surface area contributed by atoms with Crippen molar-refractivity contribution in [1.29, 1.82) is 0 Å². The average molecular weight is 410 g/mol. The number of ether oxygens (including phenoxy) is 3. The molecule has 2 aliphatic rings. The zero-order valence-corrected chi connectivity index (χ0v) is 16.9. The van der Waals surface area contributed by atoms with Crippen LogP contribution in [-0.2, 0) is 11.2 Å². The van der Waals surface area contributed by atoms with Gasteiger partial charge in [-0.2, -0.15) is 0 Å². The topological polar surface area (TPSA) is 98.4 Å². The van der Waals surface area contributed by atoms with E-state index in [1.807, 2.05) is 6.08 Å². The molecule has 2 aliphatic heterocycles. The van der Waals surface area contributed by atoms with Crippen LogP contribution in [0.1, 0.15) is 37.3 Å². The summed E-state index contributed by atoms with van der Waals surface area (Å²) in [7, 11) is 1.49. The number of hydrogen-bond donors (Lipinski definition) is 2. The number of aryl methyl sites for hydroxylation is 1. The van der Waals surface area contributed by atoms with Crippen LogP contribution in [0.15, 0.2) is 39.7 Å². The van der Waals surface area contributed by atoms with Crippen LogP contribution in [0.3, 0.4) is 0 Å². The van der Waals surface area contributed by atoms with Crippen molar-refractivity contribution in [2.24, 2.45) is 0 Å². The van der Waals surface area contributed by atoms with E-state index in [1.54, 1.807) is 32.2 Å². The fraction of sp³-hybridized carbons (Fsp3) is 0.348. The van der Waals surface area contributed by atoms with E-state index in [-0.39, 0.29) is 27.9 Å². The first-order chi connectivity index (χ1) is 14.3. The maximum Gasteiger partial charge on any atom is 0.250 e. The molecule has 0 fully saturated rings. The summed E-state index contributed by atoms with van der Waals surface area (Å²) in [4.78, 5) is 13.5. The molecule has 0 radical (unpaired) electrons. The van der Waals surface area contributed by atoms with Crippen molar-refractivity contribution in [2.45, 2.75) is 44.5 Å². The van der Waals surface area contributed by atoms with Crippen LogP contribution >= 0.6 is 0 Å². The van der Waals surface area contributed by atoms with Crippen molar-refractivity contribution in [1.82, 2.24) is 0 Å². The number of hydrogen-bond acceptors (Lipinski definition) is 7. The van der Waals surface area contributed by atoms with Gasteiger partial charge < -0.3 is 28.8 Å². The Morgan fingerprint density at radius 3 is 2.77 bits per heavy atom. The third kappa shape index (κ3) is 2.73. The van der Waals surface area contributed by atoms with E-state index >= 15 is 0 Å². The van der Waals surface area contributed by atoms with Crippen LogP contribution in [0.4, 0.5) is 0 Å². The average Bonchev–Trinajstić information content (AvgIpc) is 3.26. The minimum Gasteiger partial charge on any atom is -0.507 e.